The SMILES string of the molecule is COc1cc(F)c(NC(=O)C(=O)Nc2cc(C)n(C)n2)cc1OC. The number of rotatable bonds is 4. The Kier molecular flexibility index (Phi) is 5.02. The third-order valence-electron chi connectivity index (χ3n) is 3.28. The van der Waals surface area contributed by atoms with Crippen LogP contribution >= 0.6 is 0 Å². The molecule has 0 saturated heterocycles. The first-order valence-electron chi connectivity index (χ1n) is 6.90. The fraction of sp³-hybridized carbons (Fsp3) is 0.267. The van der Waals surface area contributed by atoms with Gasteiger partial charge in [0.05, 0.1) is 19.9 Å². The molecule has 0 atom stereocenters. The lowest BCUT2D eigenvalue weighted by atomic mass is 10.2. The normalized spacial score (nSPS) is 10.2. The number of hydrogen-bond donors (Lipinski definition) is 2. The minimum atomic E-state index is -1.04. The molecule has 0 aliphatic carbocycles. The first kappa shape index (κ1) is 17.3. The molecule has 1 aromatic heterocycles. The molecule has 0 saturated carbocycles. The van der Waals surface area contributed by atoms with Gasteiger partial charge in [-0.3, -0.25) is 14.3 Å². The molecule has 2 aromatic rings. The van der Waals surface area contributed by atoms with Crippen molar-refractivity contribution in [1.82, 2.24) is 9.78 Å². The molecule has 9 heteroatoms. The number of methoxy groups -OCH3 is 2. The van der Waals surface area contributed by atoms with E-state index in [4.69, 9.17) is 9.47 Å². The highest BCUT2D eigenvalue weighted by Gasteiger charge is 2.19. The van der Waals surface area contributed by atoms with Crippen molar-refractivity contribution in [2.45, 2.75) is 6.92 Å². The minimum absolute atomic E-state index is 0.168. The second kappa shape index (κ2) is 6.99. The molecule has 0 spiro atoms. The van der Waals surface area contributed by atoms with E-state index in [1.165, 1.54) is 20.3 Å². The van der Waals surface area contributed by atoms with Crippen LogP contribution in [0.25, 0.3) is 0 Å². The summed E-state index contributed by atoms with van der Waals surface area (Å²) >= 11 is 0. The molecule has 2 amide bonds. The predicted molar refractivity (Wildman–Crippen MR) is 84.7 cm³/mol. The summed E-state index contributed by atoms with van der Waals surface area (Å²) in [5.41, 5.74) is 0.599. The summed E-state index contributed by atoms with van der Waals surface area (Å²) in [6, 6.07) is 3.88. The number of benzene rings is 1. The molecule has 0 aliphatic heterocycles. The summed E-state index contributed by atoms with van der Waals surface area (Å²) < 4.78 is 25.5. The highest BCUT2D eigenvalue weighted by molar-refractivity contribution is 6.43. The molecule has 2 rings (SSSR count). The van der Waals surface area contributed by atoms with Gasteiger partial charge in [-0.1, -0.05) is 0 Å². The van der Waals surface area contributed by atoms with Gasteiger partial charge in [0.2, 0.25) is 0 Å². The highest BCUT2D eigenvalue weighted by atomic mass is 19.1. The van der Waals surface area contributed by atoms with E-state index in [0.29, 0.717) is 0 Å². The molecule has 1 heterocycles. The predicted octanol–water partition coefficient (Wildman–Crippen LogP) is 1.46. The fourth-order valence-electron chi connectivity index (χ4n) is 1.92. The average Bonchev–Trinajstić information content (AvgIpc) is 2.86. The molecule has 1 aromatic carbocycles. The monoisotopic (exact) mass is 336 g/mol. The second-order valence-corrected chi connectivity index (χ2v) is 4.89. The smallest absolute Gasteiger partial charge is 0.315 e. The van der Waals surface area contributed by atoms with Crippen LogP contribution in [0, 0.1) is 12.7 Å². The molecule has 0 fully saturated rings. The standard InChI is InChI=1S/C15H17FN4O4/c1-8-5-13(19-20(8)2)18-15(22)14(21)17-10-7-12(24-4)11(23-3)6-9(10)16/h5-7H,1-4H3,(H,17,21)(H,18,19,22). The van der Waals surface area contributed by atoms with Crippen LogP contribution in [0.3, 0.4) is 0 Å². The Morgan fingerprint density at radius 2 is 1.67 bits per heavy atom. The fourth-order valence-corrected chi connectivity index (χ4v) is 1.92. The number of carbonyl (C=O) groups excluding carboxylic acids is 2. The van der Waals surface area contributed by atoms with Gasteiger partial charge in [0.25, 0.3) is 0 Å². The number of amides is 2. The van der Waals surface area contributed by atoms with Gasteiger partial charge in [-0.15, -0.1) is 0 Å². The maximum atomic E-state index is 14.0. The Labute approximate surface area is 137 Å². The zero-order valence-corrected chi connectivity index (χ0v) is 13.6. The first-order chi connectivity index (χ1) is 11.3. The summed E-state index contributed by atoms with van der Waals surface area (Å²) in [6.45, 7) is 1.79. The summed E-state index contributed by atoms with van der Waals surface area (Å²) in [5.74, 6) is -2.16. The maximum absolute atomic E-state index is 14.0. The van der Waals surface area contributed by atoms with E-state index in [9.17, 15) is 14.0 Å². The summed E-state index contributed by atoms with van der Waals surface area (Å²) in [6.07, 6.45) is 0. The number of anilines is 2. The topological polar surface area (TPSA) is 94.5 Å². The number of hydrogen-bond acceptors (Lipinski definition) is 5. The van der Waals surface area contributed by atoms with Crippen molar-refractivity contribution in [2.75, 3.05) is 24.9 Å². The molecular formula is C15H17FN4O4. The first-order valence-corrected chi connectivity index (χ1v) is 6.90. The van der Waals surface area contributed by atoms with Gasteiger partial charge >= 0.3 is 11.8 Å². The molecule has 24 heavy (non-hydrogen) atoms. The van der Waals surface area contributed by atoms with Crippen LogP contribution in [0.2, 0.25) is 0 Å². The van der Waals surface area contributed by atoms with Gasteiger partial charge in [-0.05, 0) is 6.92 Å². The summed E-state index contributed by atoms with van der Waals surface area (Å²) in [5, 5.41) is 8.52. The van der Waals surface area contributed by atoms with E-state index in [1.54, 1.807) is 24.7 Å². The van der Waals surface area contributed by atoms with Crippen molar-refractivity contribution >= 4 is 23.3 Å². The molecule has 2 N–H and O–H groups in total. The Hall–Kier alpha value is -3.10. The molecule has 128 valence electrons. The lowest BCUT2D eigenvalue weighted by Crippen LogP contribution is -2.29. The minimum Gasteiger partial charge on any atom is -0.493 e. The van der Waals surface area contributed by atoms with Gasteiger partial charge in [-0.25, -0.2) is 4.39 Å². The van der Waals surface area contributed by atoms with Crippen molar-refractivity contribution in [3.05, 3.63) is 29.7 Å². The molecule has 8 nitrogen and oxygen atoms in total. The van der Waals surface area contributed by atoms with Crippen molar-refractivity contribution in [1.29, 1.82) is 0 Å². The quantitative estimate of drug-likeness (QED) is 0.825. The number of nitrogens with zero attached hydrogens (tertiary/aromatic N) is 2. The molecular weight excluding hydrogens is 319 g/mol. The summed E-state index contributed by atoms with van der Waals surface area (Å²) in [4.78, 5) is 23.8. The molecule has 0 aliphatic rings. The van der Waals surface area contributed by atoms with E-state index in [0.717, 1.165) is 11.8 Å². The van der Waals surface area contributed by atoms with Crippen molar-refractivity contribution < 1.29 is 23.5 Å². The van der Waals surface area contributed by atoms with E-state index in [-0.39, 0.29) is 23.0 Å². The molecule has 0 radical (unpaired) electrons. The average molecular weight is 336 g/mol. The van der Waals surface area contributed by atoms with E-state index >= 15 is 0 Å². The second-order valence-electron chi connectivity index (χ2n) is 4.89. The zero-order chi connectivity index (χ0) is 17.9. The number of halogens is 1. The van der Waals surface area contributed by atoms with Crippen LogP contribution in [0.4, 0.5) is 15.9 Å². The van der Waals surface area contributed by atoms with Crippen molar-refractivity contribution in [3.8, 4) is 11.5 Å². The number of ether oxygens (including phenoxy) is 2. The Balaban J connectivity index is 2.12. The van der Waals surface area contributed by atoms with Gasteiger partial charge < -0.3 is 20.1 Å². The lowest BCUT2D eigenvalue weighted by molar-refractivity contribution is -0.133. The lowest BCUT2D eigenvalue weighted by Gasteiger charge is -2.11. The van der Waals surface area contributed by atoms with Crippen LogP contribution in [0.1, 0.15) is 5.69 Å². The van der Waals surface area contributed by atoms with Crippen LogP contribution in [-0.2, 0) is 16.6 Å². The number of carbonyl (C=O) groups is 2. The van der Waals surface area contributed by atoms with Crippen LogP contribution in [0.15, 0.2) is 18.2 Å². The van der Waals surface area contributed by atoms with Gasteiger partial charge in [0.1, 0.15) is 0 Å². The van der Waals surface area contributed by atoms with Crippen molar-refractivity contribution in [3.63, 3.8) is 0 Å². The third kappa shape index (κ3) is 3.62. The third-order valence-corrected chi connectivity index (χ3v) is 3.28. The van der Waals surface area contributed by atoms with E-state index in [2.05, 4.69) is 15.7 Å². The Morgan fingerprint density at radius 3 is 2.21 bits per heavy atom. The summed E-state index contributed by atoms with van der Waals surface area (Å²) in [7, 11) is 4.43. The Bertz CT molecular complexity index is 769. The largest absolute Gasteiger partial charge is 0.493 e. The Morgan fingerprint density at radius 1 is 1.08 bits per heavy atom. The van der Waals surface area contributed by atoms with Crippen LogP contribution < -0.4 is 20.1 Å². The van der Waals surface area contributed by atoms with E-state index < -0.39 is 17.6 Å². The van der Waals surface area contributed by atoms with Gasteiger partial charge in [0, 0.05) is 30.9 Å². The number of aryl methyl sites for hydroxylation is 2. The van der Waals surface area contributed by atoms with Crippen LogP contribution in [-0.4, -0.2) is 35.8 Å². The van der Waals surface area contributed by atoms with Gasteiger partial charge in [-0.2, -0.15) is 5.10 Å². The van der Waals surface area contributed by atoms with Gasteiger partial charge in [0.15, 0.2) is 23.1 Å². The maximum Gasteiger partial charge on any atom is 0.315 e. The highest BCUT2D eigenvalue weighted by Crippen LogP contribution is 2.32. The number of nitrogens with one attached hydrogen (secondary N) is 2. The molecule has 0 unspecified atom stereocenters. The number of aromatic nitrogens is 2. The van der Waals surface area contributed by atoms with E-state index in [1.807, 2.05) is 0 Å². The molecule has 0 bridgehead atoms. The van der Waals surface area contributed by atoms with Crippen LogP contribution in [0.5, 0.6) is 11.5 Å². The van der Waals surface area contributed by atoms with Crippen molar-refractivity contribution in [2.24, 2.45) is 7.05 Å². The zero-order valence-electron chi connectivity index (χ0n) is 13.6.